The third-order valence-corrected chi connectivity index (χ3v) is 7.05. The Kier molecular flexibility index (Phi) is 11.1. The number of hydrogen-bond acceptors (Lipinski definition) is 6. The van der Waals surface area contributed by atoms with Gasteiger partial charge in [0, 0.05) is 12.2 Å². The molecule has 0 heterocycles. The van der Waals surface area contributed by atoms with Gasteiger partial charge in [0.1, 0.15) is 11.4 Å². The Morgan fingerprint density at radius 1 is 0.846 bits per heavy atom. The highest BCUT2D eigenvalue weighted by atomic mass is 31.2. The van der Waals surface area contributed by atoms with E-state index in [2.05, 4.69) is 0 Å². The first-order valence-corrected chi connectivity index (χ1v) is 14.3. The molecule has 0 saturated heterocycles. The SMILES string of the molecule is Cc1cc(CC(=O)OC(C)(C)C)c(C(C)(C)CCO)c(OP(OCc2ccccc2)OCc2ccccc2)c1. The summed E-state index contributed by atoms with van der Waals surface area (Å²) in [4.78, 5) is 12.9. The van der Waals surface area contributed by atoms with Gasteiger partial charge in [0.05, 0.1) is 19.6 Å². The summed E-state index contributed by atoms with van der Waals surface area (Å²) in [6.07, 6.45) is 0.578. The molecule has 0 spiro atoms. The molecule has 39 heavy (non-hydrogen) atoms. The lowest BCUT2D eigenvalue weighted by Crippen LogP contribution is -2.27. The van der Waals surface area contributed by atoms with Gasteiger partial charge in [-0.05, 0) is 67.9 Å². The Labute approximate surface area is 234 Å². The molecule has 3 rings (SSSR count). The third kappa shape index (κ3) is 10.1. The summed E-state index contributed by atoms with van der Waals surface area (Å²) in [5.41, 5.74) is 3.51. The van der Waals surface area contributed by atoms with E-state index in [9.17, 15) is 9.90 Å². The van der Waals surface area contributed by atoms with Gasteiger partial charge in [-0.1, -0.05) is 80.6 Å². The van der Waals surface area contributed by atoms with Crippen LogP contribution in [0.15, 0.2) is 72.8 Å². The summed E-state index contributed by atoms with van der Waals surface area (Å²) >= 11 is 0. The number of aliphatic hydroxyl groups excluding tert-OH is 1. The first kappa shape index (κ1) is 30.8. The fourth-order valence-corrected chi connectivity index (χ4v) is 5.31. The van der Waals surface area contributed by atoms with Crippen molar-refractivity contribution in [2.45, 2.75) is 78.6 Å². The van der Waals surface area contributed by atoms with Gasteiger partial charge in [0.15, 0.2) is 0 Å². The molecule has 0 radical (unpaired) electrons. The molecule has 1 N–H and O–H groups in total. The second-order valence-corrected chi connectivity index (χ2v) is 12.4. The van der Waals surface area contributed by atoms with Crippen molar-refractivity contribution in [2.75, 3.05) is 6.61 Å². The number of ether oxygens (including phenoxy) is 1. The molecule has 0 fully saturated rings. The number of esters is 1. The van der Waals surface area contributed by atoms with Crippen molar-refractivity contribution in [2.24, 2.45) is 0 Å². The number of aryl methyl sites for hydroxylation is 1. The van der Waals surface area contributed by atoms with Gasteiger partial charge in [-0.3, -0.25) is 13.8 Å². The maximum atomic E-state index is 12.9. The maximum absolute atomic E-state index is 12.9. The second-order valence-electron chi connectivity index (χ2n) is 11.3. The van der Waals surface area contributed by atoms with Gasteiger partial charge in [-0.25, -0.2) is 0 Å². The Bertz CT molecular complexity index is 1150. The van der Waals surface area contributed by atoms with Gasteiger partial charge in [-0.15, -0.1) is 0 Å². The standard InChI is InChI=1S/C32H41O6P/c1-24-19-27(21-29(34)37-31(2,3)4)30(32(5,6)17-18-33)28(20-24)38-39(35-22-25-13-9-7-10-14-25)36-23-26-15-11-8-12-16-26/h7-16,19-20,33H,17-18,21-23H2,1-6H3. The Morgan fingerprint density at radius 2 is 1.38 bits per heavy atom. The summed E-state index contributed by atoms with van der Waals surface area (Å²) in [6.45, 7) is 12.3. The smallest absolute Gasteiger partial charge is 0.397 e. The van der Waals surface area contributed by atoms with Crippen LogP contribution < -0.4 is 4.52 Å². The monoisotopic (exact) mass is 552 g/mol. The molecule has 0 aromatic heterocycles. The van der Waals surface area contributed by atoms with Crippen molar-refractivity contribution < 1.29 is 28.2 Å². The molecule has 0 unspecified atom stereocenters. The molecule has 7 heteroatoms. The zero-order valence-electron chi connectivity index (χ0n) is 23.9. The molecule has 0 bridgehead atoms. The molecule has 0 saturated carbocycles. The number of carbonyl (C=O) groups excluding carboxylic acids is 1. The van der Waals surface area contributed by atoms with E-state index in [0.717, 1.165) is 27.8 Å². The van der Waals surface area contributed by atoms with Gasteiger partial charge in [0.2, 0.25) is 0 Å². The van der Waals surface area contributed by atoms with Crippen LogP contribution in [0.4, 0.5) is 0 Å². The van der Waals surface area contributed by atoms with Crippen LogP contribution in [0.2, 0.25) is 0 Å². The van der Waals surface area contributed by atoms with Gasteiger partial charge in [-0.2, -0.15) is 0 Å². The van der Waals surface area contributed by atoms with E-state index >= 15 is 0 Å². The van der Waals surface area contributed by atoms with Gasteiger partial charge in [0.25, 0.3) is 0 Å². The van der Waals surface area contributed by atoms with E-state index in [1.807, 2.05) is 114 Å². The molecular weight excluding hydrogens is 511 g/mol. The molecule has 3 aromatic carbocycles. The Hall–Kier alpha value is -2.76. The van der Waals surface area contributed by atoms with Gasteiger partial charge >= 0.3 is 14.6 Å². The molecule has 0 aliphatic carbocycles. The third-order valence-electron chi connectivity index (χ3n) is 6.03. The van der Waals surface area contributed by atoms with Crippen LogP contribution >= 0.6 is 8.60 Å². The second kappa shape index (κ2) is 14.0. The highest BCUT2D eigenvalue weighted by Gasteiger charge is 2.31. The molecule has 0 aliphatic heterocycles. The average molecular weight is 553 g/mol. The summed E-state index contributed by atoms with van der Waals surface area (Å²) in [5.74, 6) is 0.266. The predicted octanol–water partition coefficient (Wildman–Crippen LogP) is 7.58. The zero-order chi connectivity index (χ0) is 28.5. The van der Waals surface area contributed by atoms with Crippen LogP contribution in [-0.2, 0) is 43.6 Å². The molecule has 3 aromatic rings. The van der Waals surface area contributed by atoms with Gasteiger partial charge < -0.3 is 14.4 Å². The number of hydrogen-bond donors (Lipinski definition) is 1. The molecular formula is C32H41O6P. The Balaban J connectivity index is 1.96. The normalized spacial score (nSPS) is 12.0. The van der Waals surface area contributed by atoms with Crippen LogP contribution in [-0.4, -0.2) is 23.3 Å². The van der Waals surface area contributed by atoms with Crippen molar-refractivity contribution in [3.8, 4) is 5.75 Å². The average Bonchev–Trinajstić information content (AvgIpc) is 2.85. The van der Waals surface area contributed by atoms with Crippen LogP contribution in [0.3, 0.4) is 0 Å². The molecule has 0 atom stereocenters. The predicted molar refractivity (Wildman–Crippen MR) is 155 cm³/mol. The number of benzene rings is 3. The van der Waals surface area contributed by atoms with Crippen molar-refractivity contribution in [3.63, 3.8) is 0 Å². The van der Waals surface area contributed by atoms with E-state index in [4.69, 9.17) is 18.3 Å². The van der Waals surface area contributed by atoms with Crippen molar-refractivity contribution in [3.05, 3.63) is 101 Å². The summed E-state index contributed by atoms with van der Waals surface area (Å²) in [5, 5.41) is 9.86. The quantitative estimate of drug-likeness (QED) is 0.174. The minimum absolute atomic E-state index is 0.00400. The van der Waals surface area contributed by atoms with E-state index in [0.29, 0.717) is 25.4 Å². The minimum atomic E-state index is -1.80. The summed E-state index contributed by atoms with van der Waals surface area (Å²) < 4.78 is 24.5. The van der Waals surface area contributed by atoms with Crippen LogP contribution in [0.25, 0.3) is 0 Å². The van der Waals surface area contributed by atoms with Crippen LogP contribution in [0.1, 0.15) is 68.9 Å². The lowest BCUT2D eigenvalue weighted by Gasteiger charge is -2.31. The van der Waals surface area contributed by atoms with Crippen LogP contribution in [0, 0.1) is 6.92 Å². The summed E-state index contributed by atoms with van der Waals surface area (Å²) in [6, 6.07) is 23.7. The first-order chi connectivity index (χ1) is 18.5. The Morgan fingerprint density at radius 3 is 1.87 bits per heavy atom. The molecule has 6 nitrogen and oxygen atoms in total. The van der Waals surface area contributed by atoms with E-state index in [1.165, 1.54) is 0 Å². The number of aliphatic hydroxyl groups is 1. The van der Waals surface area contributed by atoms with Crippen molar-refractivity contribution in [1.29, 1.82) is 0 Å². The van der Waals surface area contributed by atoms with E-state index < -0.39 is 19.6 Å². The van der Waals surface area contributed by atoms with E-state index in [-0.39, 0.29) is 19.0 Å². The number of carbonyl (C=O) groups is 1. The molecule has 0 amide bonds. The highest BCUT2D eigenvalue weighted by molar-refractivity contribution is 7.42. The van der Waals surface area contributed by atoms with Crippen LogP contribution in [0.5, 0.6) is 5.75 Å². The lowest BCUT2D eigenvalue weighted by molar-refractivity contribution is -0.153. The largest absolute Gasteiger partial charge is 0.460 e. The number of rotatable bonds is 13. The molecule has 0 aliphatic rings. The fourth-order valence-electron chi connectivity index (χ4n) is 4.32. The van der Waals surface area contributed by atoms with E-state index in [1.54, 1.807) is 0 Å². The fraction of sp³-hybridized carbons (Fsp3) is 0.406. The molecule has 210 valence electrons. The summed E-state index contributed by atoms with van der Waals surface area (Å²) in [7, 11) is -1.80. The minimum Gasteiger partial charge on any atom is -0.460 e. The van der Waals surface area contributed by atoms with Crippen molar-refractivity contribution >= 4 is 14.6 Å². The zero-order valence-corrected chi connectivity index (χ0v) is 24.8. The lowest BCUT2D eigenvalue weighted by atomic mass is 9.77. The topological polar surface area (TPSA) is 74.2 Å². The highest BCUT2D eigenvalue weighted by Crippen LogP contribution is 2.47. The maximum Gasteiger partial charge on any atom is 0.397 e. The first-order valence-electron chi connectivity index (χ1n) is 13.3. The van der Waals surface area contributed by atoms with Crippen molar-refractivity contribution in [1.82, 2.24) is 0 Å².